The molecule has 0 aliphatic rings. The van der Waals surface area contributed by atoms with Gasteiger partial charge >= 0.3 is 5.97 Å². The van der Waals surface area contributed by atoms with Crippen molar-refractivity contribution in [1.29, 1.82) is 0 Å². The number of hydrogen-bond donors (Lipinski definition) is 2. The third-order valence-corrected chi connectivity index (χ3v) is 4.03. The second-order valence-corrected chi connectivity index (χ2v) is 5.28. The third kappa shape index (κ3) is 1.70. The highest BCUT2D eigenvalue weighted by molar-refractivity contribution is 7.15. The predicted octanol–water partition coefficient (Wildman–Crippen LogP) is 3.19. The summed E-state index contributed by atoms with van der Waals surface area (Å²) in [6, 6.07) is 7.91. The summed E-state index contributed by atoms with van der Waals surface area (Å²) in [5, 5.41) is 12.5. The summed E-state index contributed by atoms with van der Waals surface area (Å²) in [4.78, 5) is 11.3. The van der Waals surface area contributed by atoms with E-state index in [9.17, 15) is 9.90 Å². The van der Waals surface area contributed by atoms with Gasteiger partial charge in [0.2, 0.25) is 0 Å². The number of nitrogen functional groups attached to an aromatic ring is 1. The highest BCUT2D eigenvalue weighted by Crippen LogP contribution is 2.37. The number of carbonyl (C=O) groups is 1. The van der Waals surface area contributed by atoms with Crippen LogP contribution in [0, 0.1) is 0 Å². The minimum atomic E-state index is -0.985. The van der Waals surface area contributed by atoms with E-state index in [4.69, 9.17) is 5.73 Å². The molecule has 3 rings (SSSR count). The molecular formula is C14H12N2O2S. The summed E-state index contributed by atoms with van der Waals surface area (Å²) in [5.74, 6) is -0.985. The van der Waals surface area contributed by atoms with E-state index in [1.807, 2.05) is 42.1 Å². The first kappa shape index (κ1) is 11.8. The summed E-state index contributed by atoms with van der Waals surface area (Å²) in [6.07, 6.45) is 1.94. The Kier molecular flexibility index (Phi) is 2.57. The number of hydrogen-bond acceptors (Lipinski definition) is 3. The van der Waals surface area contributed by atoms with Gasteiger partial charge in [0.05, 0.1) is 0 Å². The van der Waals surface area contributed by atoms with Crippen LogP contribution >= 0.6 is 11.3 Å². The Bertz CT molecular complexity index is 786. The molecule has 3 N–H and O–H groups in total. The van der Waals surface area contributed by atoms with Gasteiger partial charge in [0, 0.05) is 40.7 Å². The number of benzene rings is 1. The molecule has 2 heterocycles. The molecule has 4 nitrogen and oxygen atoms in total. The summed E-state index contributed by atoms with van der Waals surface area (Å²) in [6.45, 7) is 0. The second kappa shape index (κ2) is 4.13. The average Bonchev–Trinajstić information content (AvgIpc) is 2.91. The lowest BCUT2D eigenvalue weighted by molar-refractivity contribution is 0.0699. The maximum absolute atomic E-state index is 11.3. The fourth-order valence-electron chi connectivity index (χ4n) is 2.35. The van der Waals surface area contributed by atoms with Gasteiger partial charge in [-0.2, -0.15) is 0 Å². The van der Waals surface area contributed by atoms with Crippen LogP contribution in [-0.4, -0.2) is 15.6 Å². The Hall–Kier alpha value is -2.27. The van der Waals surface area contributed by atoms with Crippen molar-refractivity contribution in [2.45, 2.75) is 0 Å². The molecule has 0 saturated carbocycles. The van der Waals surface area contributed by atoms with E-state index >= 15 is 0 Å². The molecule has 0 aliphatic carbocycles. The van der Waals surface area contributed by atoms with Crippen molar-refractivity contribution in [3.05, 3.63) is 41.4 Å². The Labute approximate surface area is 113 Å². The highest BCUT2D eigenvalue weighted by atomic mass is 32.1. The Morgan fingerprint density at radius 1 is 1.32 bits per heavy atom. The number of para-hydroxylation sites is 1. The number of aromatic carboxylic acids is 1. The Morgan fingerprint density at radius 3 is 2.79 bits per heavy atom. The van der Waals surface area contributed by atoms with Crippen molar-refractivity contribution < 1.29 is 9.90 Å². The van der Waals surface area contributed by atoms with Gasteiger partial charge in [-0.1, -0.05) is 18.2 Å². The standard InChI is InChI=1S/C14H12N2O2S/c1-16-6-9(8-4-2-3-5-11(8)16)10-7-19-13(15)12(10)14(17)18/h2-7H,15H2,1H3,(H,17,18). The van der Waals surface area contributed by atoms with Crippen LogP contribution in [-0.2, 0) is 7.05 Å². The first-order valence-corrected chi connectivity index (χ1v) is 6.62. The number of thiophene rings is 1. The smallest absolute Gasteiger partial charge is 0.339 e. The van der Waals surface area contributed by atoms with Crippen LogP contribution in [0.3, 0.4) is 0 Å². The molecule has 0 spiro atoms. The van der Waals surface area contributed by atoms with Crippen molar-refractivity contribution >= 4 is 33.2 Å². The molecule has 3 aromatic rings. The van der Waals surface area contributed by atoms with Crippen LogP contribution in [0.5, 0.6) is 0 Å². The Balaban J connectivity index is 2.34. The van der Waals surface area contributed by atoms with Gasteiger partial charge < -0.3 is 15.4 Å². The van der Waals surface area contributed by atoms with Crippen LogP contribution in [0.4, 0.5) is 5.00 Å². The molecule has 1 aromatic carbocycles. The van der Waals surface area contributed by atoms with E-state index in [-0.39, 0.29) is 5.56 Å². The van der Waals surface area contributed by atoms with Crippen molar-refractivity contribution in [2.24, 2.45) is 7.05 Å². The minimum Gasteiger partial charge on any atom is -0.478 e. The largest absolute Gasteiger partial charge is 0.478 e. The Morgan fingerprint density at radius 2 is 2.05 bits per heavy atom. The molecule has 19 heavy (non-hydrogen) atoms. The van der Waals surface area contributed by atoms with E-state index in [2.05, 4.69) is 0 Å². The van der Waals surface area contributed by atoms with Crippen molar-refractivity contribution in [3.8, 4) is 11.1 Å². The topological polar surface area (TPSA) is 68.2 Å². The third-order valence-electron chi connectivity index (χ3n) is 3.22. The van der Waals surface area contributed by atoms with E-state index in [1.54, 1.807) is 5.38 Å². The minimum absolute atomic E-state index is 0.196. The van der Waals surface area contributed by atoms with Crippen LogP contribution in [0.25, 0.3) is 22.0 Å². The predicted molar refractivity (Wildman–Crippen MR) is 77.6 cm³/mol. The van der Waals surface area contributed by atoms with Crippen LogP contribution in [0.15, 0.2) is 35.8 Å². The summed E-state index contributed by atoms with van der Waals surface area (Å²) in [5.41, 5.74) is 8.62. The molecule has 0 radical (unpaired) electrons. The zero-order valence-corrected chi connectivity index (χ0v) is 11.1. The second-order valence-electron chi connectivity index (χ2n) is 4.36. The summed E-state index contributed by atoms with van der Waals surface area (Å²) < 4.78 is 1.99. The van der Waals surface area contributed by atoms with Crippen molar-refractivity contribution in [1.82, 2.24) is 4.57 Å². The lowest BCUT2D eigenvalue weighted by atomic mass is 10.0. The quantitative estimate of drug-likeness (QED) is 0.752. The summed E-state index contributed by atoms with van der Waals surface area (Å²) >= 11 is 1.26. The van der Waals surface area contributed by atoms with Crippen molar-refractivity contribution in [3.63, 3.8) is 0 Å². The van der Waals surface area contributed by atoms with Gasteiger partial charge in [0.15, 0.2) is 0 Å². The maximum Gasteiger partial charge on any atom is 0.339 e. The zero-order valence-electron chi connectivity index (χ0n) is 10.3. The van der Waals surface area contributed by atoms with Crippen LogP contribution < -0.4 is 5.73 Å². The number of rotatable bonds is 2. The number of nitrogens with zero attached hydrogens (tertiary/aromatic N) is 1. The van der Waals surface area contributed by atoms with E-state index in [0.29, 0.717) is 10.6 Å². The van der Waals surface area contributed by atoms with Gasteiger partial charge in [0.25, 0.3) is 0 Å². The van der Waals surface area contributed by atoms with Gasteiger partial charge in [-0.15, -0.1) is 11.3 Å². The first-order chi connectivity index (χ1) is 9.09. The number of carboxylic acids is 1. The van der Waals surface area contributed by atoms with E-state index in [1.165, 1.54) is 11.3 Å². The van der Waals surface area contributed by atoms with E-state index < -0.39 is 5.97 Å². The fraction of sp³-hybridized carbons (Fsp3) is 0.0714. The number of fused-ring (bicyclic) bond motifs is 1. The van der Waals surface area contributed by atoms with Crippen molar-refractivity contribution in [2.75, 3.05) is 5.73 Å². The van der Waals surface area contributed by atoms with Gasteiger partial charge in [-0.3, -0.25) is 0 Å². The molecule has 2 aromatic heterocycles. The molecule has 0 unspecified atom stereocenters. The van der Waals surface area contributed by atoms with Gasteiger partial charge in [0.1, 0.15) is 10.6 Å². The first-order valence-electron chi connectivity index (χ1n) is 5.74. The van der Waals surface area contributed by atoms with Gasteiger partial charge in [-0.05, 0) is 6.07 Å². The number of nitrogens with two attached hydrogens (primary N) is 1. The number of aromatic nitrogens is 1. The maximum atomic E-state index is 11.3. The molecule has 5 heteroatoms. The average molecular weight is 272 g/mol. The number of carboxylic acid groups (broad SMARTS) is 1. The van der Waals surface area contributed by atoms with Crippen LogP contribution in [0.2, 0.25) is 0 Å². The highest BCUT2D eigenvalue weighted by Gasteiger charge is 2.20. The molecule has 0 bridgehead atoms. The monoisotopic (exact) mass is 272 g/mol. The molecule has 0 aliphatic heterocycles. The molecular weight excluding hydrogens is 260 g/mol. The molecule has 96 valence electrons. The zero-order chi connectivity index (χ0) is 13.6. The normalized spacial score (nSPS) is 11.0. The molecule has 0 fully saturated rings. The van der Waals surface area contributed by atoms with E-state index in [0.717, 1.165) is 16.5 Å². The fourth-order valence-corrected chi connectivity index (χ4v) is 3.15. The molecule has 0 atom stereocenters. The van der Waals surface area contributed by atoms with Gasteiger partial charge in [-0.25, -0.2) is 4.79 Å². The van der Waals surface area contributed by atoms with Crippen LogP contribution in [0.1, 0.15) is 10.4 Å². The lowest BCUT2D eigenvalue weighted by Gasteiger charge is -1.99. The number of aryl methyl sites for hydroxylation is 1. The molecule has 0 saturated heterocycles. The molecule has 0 amide bonds. The number of anilines is 1. The SMILES string of the molecule is Cn1cc(-c2csc(N)c2C(=O)O)c2ccccc21. The summed E-state index contributed by atoms with van der Waals surface area (Å²) in [7, 11) is 1.95. The lowest BCUT2D eigenvalue weighted by Crippen LogP contribution is -2.00.